The summed E-state index contributed by atoms with van der Waals surface area (Å²) in [6, 6.07) is 5.46. The number of hydrogen-bond acceptors (Lipinski definition) is 4. The van der Waals surface area contributed by atoms with Gasteiger partial charge in [0, 0.05) is 12.1 Å². The zero-order valence-corrected chi connectivity index (χ0v) is 20.6. The Labute approximate surface area is 198 Å². The number of benzene rings is 1. The maximum Gasteiger partial charge on any atom is 0.250 e. The van der Waals surface area contributed by atoms with Gasteiger partial charge >= 0.3 is 0 Å². The summed E-state index contributed by atoms with van der Waals surface area (Å²) in [6.07, 6.45) is 12.2. The molecule has 0 N–H and O–H groups in total. The third-order valence-corrected chi connectivity index (χ3v) is 7.49. The Hall–Kier alpha value is -2.24. The van der Waals surface area contributed by atoms with E-state index in [1.165, 1.54) is 19.3 Å². The van der Waals surface area contributed by atoms with Crippen molar-refractivity contribution in [2.24, 2.45) is 0 Å². The van der Waals surface area contributed by atoms with Gasteiger partial charge in [0.25, 0.3) is 5.91 Å². The third-order valence-electron chi connectivity index (χ3n) is 7.49. The van der Waals surface area contributed by atoms with Crippen LogP contribution < -0.4 is 9.47 Å². The molecule has 3 aliphatic rings. The van der Waals surface area contributed by atoms with Crippen molar-refractivity contribution in [3.8, 4) is 11.5 Å². The van der Waals surface area contributed by atoms with Crippen LogP contribution in [0.25, 0.3) is 0 Å². The summed E-state index contributed by atoms with van der Waals surface area (Å²) in [6.45, 7) is 4.18. The number of methoxy groups -OCH3 is 1. The van der Waals surface area contributed by atoms with E-state index in [0.717, 1.165) is 56.9 Å². The molecule has 0 radical (unpaired) electrons. The topological polar surface area (TPSA) is 59.1 Å². The van der Waals surface area contributed by atoms with Crippen LogP contribution in [0.1, 0.15) is 96.1 Å². The molecule has 3 fully saturated rings. The Morgan fingerprint density at radius 1 is 0.848 bits per heavy atom. The summed E-state index contributed by atoms with van der Waals surface area (Å²) >= 11 is 0. The lowest BCUT2D eigenvalue weighted by Crippen LogP contribution is -2.60. The largest absolute Gasteiger partial charge is 0.493 e. The molecule has 4 rings (SSSR count). The number of rotatable bonds is 6. The van der Waals surface area contributed by atoms with Crippen molar-refractivity contribution < 1.29 is 19.1 Å². The highest BCUT2D eigenvalue weighted by Gasteiger charge is 2.45. The first kappa shape index (κ1) is 23.9. The molecule has 2 saturated carbocycles. The van der Waals surface area contributed by atoms with Crippen molar-refractivity contribution in [1.82, 2.24) is 9.80 Å². The monoisotopic (exact) mass is 456 g/mol. The Kier molecular flexibility index (Phi) is 7.82. The van der Waals surface area contributed by atoms with E-state index < -0.39 is 6.04 Å². The highest BCUT2D eigenvalue weighted by atomic mass is 16.5. The van der Waals surface area contributed by atoms with Crippen molar-refractivity contribution in [3.63, 3.8) is 0 Å². The van der Waals surface area contributed by atoms with Gasteiger partial charge in [-0.15, -0.1) is 0 Å². The summed E-state index contributed by atoms with van der Waals surface area (Å²) in [5, 5.41) is 0. The van der Waals surface area contributed by atoms with Gasteiger partial charge in [0.1, 0.15) is 12.6 Å². The molecule has 1 heterocycles. The predicted octanol–water partition coefficient (Wildman–Crippen LogP) is 5.25. The third kappa shape index (κ3) is 5.30. The van der Waals surface area contributed by atoms with Crippen LogP contribution >= 0.6 is 0 Å². The molecule has 0 spiro atoms. The van der Waals surface area contributed by atoms with Gasteiger partial charge in [-0.2, -0.15) is 0 Å². The van der Waals surface area contributed by atoms with E-state index in [4.69, 9.17) is 9.47 Å². The zero-order valence-electron chi connectivity index (χ0n) is 20.6. The number of carbonyl (C=O) groups is 2. The van der Waals surface area contributed by atoms with E-state index in [1.807, 2.05) is 41.8 Å². The number of piperazine rings is 1. The second-order valence-electron chi connectivity index (χ2n) is 10.2. The van der Waals surface area contributed by atoms with E-state index in [2.05, 4.69) is 0 Å². The molecule has 1 unspecified atom stereocenters. The average molecular weight is 457 g/mol. The lowest BCUT2D eigenvalue weighted by Gasteiger charge is -2.46. The Morgan fingerprint density at radius 3 is 2.09 bits per heavy atom. The fraction of sp³-hybridized carbons (Fsp3) is 0.704. The van der Waals surface area contributed by atoms with Crippen LogP contribution in [-0.4, -0.2) is 53.5 Å². The number of ether oxygens (including phenoxy) is 2. The maximum absolute atomic E-state index is 14.0. The summed E-state index contributed by atoms with van der Waals surface area (Å²) in [5.41, 5.74) is 0.825. The van der Waals surface area contributed by atoms with Gasteiger partial charge in [0.15, 0.2) is 11.5 Å². The van der Waals surface area contributed by atoms with Crippen LogP contribution in [0.15, 0.2) is 18.2 Å². The van der Waals surface area contributed by atoms with Crippen molar-refractivity contribution >= 4 is 11.8 Å². The van der Waals surface area contributed by atoms with Crippen LogP contribution in [0.5, 0.6) is 11.5 Å². The van der Waals surface area contributed by atoms with Crippen molar-refractivity contribution in [1.29, 1.82) is 0 Å². The molecule has 0 bridgehead atoms. The molecule has 0 aromatic heterocycles. The minimum atomic E-state index is -0.585. The quantitative estimate of drug-likeness (QED) is 0.587. The van der Waals surface area contributed by atoms with Gasteiger partial charge in [-0.05, 0) is 57.2 Å². The van der Waals surface area contributed by atoms with Crippen LogP contribution in [0.2, 0.25) is 0 Å². The highest BCUT2D eigenvalue weighted by molar-refractivity contribution is 5.96. The summed E-state index contributed by atoms with van der Waals surface area (Å²) < 4.78 is 11.5. The molecule has 1 aliphatic heterocycles. The second kappa shape index (κ2) is 10.8. The number of nitrogens with zero attached hydrogens (tertiary/aromatic N) is 2. The molecule has 2 aliphatic carbocycles. The Balaban J connectivity index is 1.70. The normalized spacial score (nSPS) is 23.7. The molecule has 182 valence electrons. The maximum atomic E-state index is 14.0. The summed E-state index contributed by atoms with van der Waals surface area (Å²) in [7, 11) is 1.62. The van der Waals surface area contributed by atoms with Gasteiger partial charge in [-0.25, -0.2) is 0 Å². The number of amides is 2. The SMILES string of the molecule is COc1cc(C2C(=O)N(C3CCCC3)CC(=O)N2C2CCCCCCC2)ccc1OC(C)C. The van der Waals surface area contributed by atoms with Crippen LogP contribution in [-0.2, 0) is 9.59 Å². The van der Waals surface area contributed by atoms with E-state index >= 15 is 0 Å². The fourth-order valence-corrected chi connectivity index (χ4v) is 5.89. The number of hydrogen-bond donors (Lipinski definition) is 0. The molecular formula is C27H40N2O4. The molecule has 1 atom stereocenters. The van der Waals surface area contributed by atoms with E-state index in [1.54, 1.807) is 7.11 Å². The first-order chi connectivity index (χ1) is 16.0. The molecule has 6 nitrogen and oxygen atoms in total. The Morgan fingerprint density at radius 2 is 1.45 bits per heavy atom. The Bertz CT molecular complexity index is 825. The zero-order chi connectivity index (χ0) is 23.4. The molecule has 33 heavy (non-hydrogen) atoms. The molecular weight excluding hydrogens is 416 g/mol. The van der Waals surface area contributed by atoms with Crippen molar-refractivity contribution in [2.45, 2.75) is 109 Å². The van der Waals surface area contributed by atoms with Crippen molar-refractivity contribution in [3.05, 3.63) is 23.8 Å². The van der Waals surface area contributed by atoms with E-state index in [0.29, 0.717) is 11.5 Å². The highest BCUT2D eigenvalue weighted by Crippen LogP contribution is 2.39. The smallest absolute Gasteiger partial charge is 0.250 e. The summed E-state index contributed by atoms with van der Waals surface area (Å²) in [5.74, 6) is 1.44. The van der Waals surface area contributed by atoms with Gasteiger partial charge in [0.05, 0.1) is 13.2 Å². The van der Waals surface area contributed by atoms with Crippen LogP contribution in [0.3, 0.4) is 0 Å². The van der Waals surface area contributed by atoms with Gasteiger partial charge in [-0.1, -0.05) is 51.0 Å². The molecule has 6 heteroatoms. The fourth-order valence-electron chi connectivity index (χ4n) is 5.89. The van der Waals surface area contributed by atoms with Gasteiger partial charge in [-0.3, -0.25) is 9.59 Å². The minimum Gasteiger partial charge on any atom is -0.493 e. The number of carbonyl (C=O) groups excluding carboxylic acids is 2. The minimum absolute atomic E-state index is 0.0203. The van der Waals surface area contributed by atoms with Gasteiger partial charge in [0.2, 0.25) is 5.91 Å². The van der Waals surface area contributed by atoms with Gasteiger partial charge < -0.3 is 19.3 Å². The van der Waals surface area contributed by atoms with E-state index in [9.17, 15) is 9.59 Å². The van der Waals surface area contributed by atoms with Crippen molar-refractivity contribution in [2.75, 3.05) is 13.7 Å². The average Bonchev–Trinajstić information content (AvgIpc) is 3.30. The molecule has 2 amide bonds. The predicted molar refractivity (Wildman–Crippen MR) is 128 cm³/mol. The van der Waals surface area contributed by atoms with Crippen LogP contribution in [0.4, 0.5) is 0 Å². The van der Waals surface area contributed by atoms with E-state index in [-0.39, 0.29) is 36.5 Å². The first-order valence-corrected chi connectivity index (χ1v) is 13.0. The van der Waals surface area contributed by atoms with Crippen LogP contribution in [0, 0.1) is 0 Å². The lowest BCUT2D eigenvalue weighted by molar-refractivity contribution is -0.161. The molecule has 1 aromatic rings. The molecule has 1 saturated heterocycles. The lowest BCUT2D eigenvalue weighted by atomic mass is 9.91. The standard InChI is InChI=1S/C27H40N2O4/c1-19(2)33-23-16-15-20(17-24(23)32-3)26-27(31)28(21-11-9-10-12-21)18-25(30)29(26)22-13-7-5-4-6-8-14-22/h15-17,19,21-22,26H,4-14,18H2,1-3H3. The first-order valence-electron chi connectivity index (χ1n) is 13.0. The summed E-state index contributed by atoms with van der Waals surface area (Å²) in [4.78, 5) is 31.4. The molecule has 1 aromatic carbocycles. The second-order valence-corrected chi connectivity index (χ2v) is 10.2.